The van der Waals surface area contributed by atoms with Gasteiger partial charge in [0.15, 0.2) is 17.0 Å². The third-order valence-electron chi connectivity index (χ3n) is 7.47. The van der Waals surface area contributed by atoms with E-state index in [4.69, 9.17) is 21.1 Å². The normalized spacial score (nSPS) is 26.3. The van der Waals surface area contributed by atoms with E-state index in [-0.39, 0.29) is 0 Å². The number of imide groups is 1. The number of benzene rings is 3. The first-order chi connectivity index (χ1) is 17.8. The number of carboxylic acids is 1. The number of anilines is 1. The molecule has 2 amide bonds. The fourth-order valence-corrected chi connectivity index (χ4v) is 5.88. The molecule has 0 bridgehead atoms. The molecule has 37 heavy (non-hydrogen) atoms. The molecule has 188 valence electrons. The number of nitrogens with zero attached hydrogens (tertiary/aromatic N) is 1. The molecule has 2 N–H and O–H groups in total. The van der Waals surface area contributed by atoms with Gasteiger partial charge in [0.1, 0.15) is 13.2 Å². The van der Waals surface area contributed by atoms with Crippen LogP contribution in [0.2, 0.25) is 5.02 Å². The molecule has 0 radical (unpaired) electrons. The number of fused-ring (bicyclic) bond motifs is 2. The minimum atomic E-state index is -1.83. The number of carbonyl (C=O) groups is 3. The third kappa shape index (κ3) is 3.43. The number of carbonyl (C=O) groups excluding carboxylic acids is 2. The molecule has 9 heteroatoms. The first-order valence-electron chi connectivity index (χ1n) is 11.9. The Bertz CT molecular complexity index is 1440. The minimum Gasteiger partial charge on any atom is -0.486 e. The molecule has 4 unspecified atom stereocenters. The number of aliphatic carboxylic acids is 1. The maximum atomic E-state index is 14.0. The summed E-state index contributed by atoms with van der Waals surface area (Å²) in [7, 11) is 0. The first kappa shape index (κ1) is 23.5. The van der Waals surface area contributed by atoms with E-state index in [0.29, 0.717) is 46.5 Å². The van der Waals surface area contributed by atoms with Crippen molar-refractivity contribution in [3.05, 3.63) is 88.4 Å². The molecule has 8 nitrogen and oxygen atoms in total. The Balaban J connectivity index is 1.53. The van der Waals surface area contributed by atoms with E-state index in [0.717, 1.165) is 10.5 Å². The summed E-state index contributed by atoms with van der Waals surface area (Å²) in [5, 5.41) is 14.3. The second kappa shape index (κ2) is 8.61. The summed E-state index contributed by atoms with van der Waals surface area (Å²) in [6.07, 6.45) is 0. The van der Waals surface area contributed by atoms with Gasteiger partial charge in [-0.1, -0.05) is 54.1 Å². The highest BCUT2D eigenvalue weighted by atomic mass is 35.5. The van der Waals surface area contributed by atoms with Gasteiger partial charge in [-0.25, -0.2) is 9.69 Å². The van der Waals surface area contributed by atoms with E-state index in [1.807, 2.05) is 6.92 Å². The standard InChI is InChI=1S/C28H23ClN2O6/c1-15-7-9-18(14-19(15)29)31-25(32)22-23(26(31)33)28(27(34)35,17-5-3-2-4-6-17)30-24(22)16-8-10-20-21(13-16)37-12-11-36-20/h2-10,13-14,22-24,30H,11-12H2,1H3,(H,34,35). The van der Waals surface area contributed by atoms with Crippen molar-refractivity contribution >= 4 is 35.1 Å². The highest BCUT2D eigenvalue weighted by Gasteiger charge is 2.69. The summed E-state index contributed by atoms with van der Waals surface area (Å²) in [6, 6.07) is 17.9. The number of hydrogen-bond donors (Lipinski definition) is 2. The van der Waals surface area contributed by atoms with Crippen LogP contribution in [0.5, 0.6) is 11.5 Å². The molecular weight excluding hydrogens is 496 g/mol. The zero-order valence-electron chi connectivity index (χ0n) is 19.8. The lowest BCUT2D eigenvalue weighted by molar-refractivity contribution is -0.149. The van der Waals surface area contributed by atoms with Crippen molar-refractivity contribution in [3.63, 3.8) is 0 Å². The predicted molar refractivity (Wildman–Crippen MR) is 135 cm³/mol. The van der Waals surface area contributed by atoms with E-state index in [1.54, 1.807) is 66.7 Å². The van der Waals surface area contributed by atoms with Crippen LogP contribution in [0.15, 0.2) is 66.7 Å². The maximum absolute atomic E-state index is 14.0. The van der Waals surface area contributed by atoms with Crippen LogP contribution in [0.1, 0.15) is 22.7 Å². The van der Waals surface area contributed by atoms with Crippen molar-refractivity contribution in [2.45, 2.75) is 18.5 Å². The van der Waals surface area contributed by atoms with Crippen LogP contribution in [0.3, 0.4) is 0 Å². The molecule has 3 aliphatic rings. The van der Waals surface area contributed by atoms with Gasteiger partial charge >= 0.3 is 5.97 Å². The fourth-order valence-electron chi connectivity index (χ4n) is 5.71. The van der Waals surface area contributed by atoms with Crippen LogP contribution in [0.25, 0.3) is 0 Å². The van der Waals surface area contributed by atoms with Crippen molar-refractivity contribution in [2.24, 2.45) is 11.8 Å². The van der Waals surface area contributed by atoms with E-state index in [9.17, 15) is 19.5 Å². The number of nitrogens with one attached hydrogen (secondary N) is 1. The molecule has 4 atom stereocenters. The zero-order valence-corrected chi connectivity index (χ0v) is 20.6. The van der Waals surface area contributed by atoms with Gasteiger partial charge in [0.2, 0.25) is 11.8 Å². The van der Waals surface area contributed by atoms with Gasteiger partial charge in [-0.15, -0.1) is 0 Å². The maximum Gasteiger partial charge on any atom is 0.329 e. The van der Waals surface area contributed by atoms with Gasteiger partial charge in [-0.3, -0.25) is 14.9 Å². The SMILES string of the molecule is Cc1ccc(N2C(=O)C3C(c4ccc5c(c4)OCCO5)NC(C(=O)O)(c4ccccc4)C3C2=O)cc1Cl. The summed E-state index contributed by atoms with van der Waals surface area (Å²) in [5.74, 6) is -3.41. The van der Waals surface area contributed by atoms with Crippen molar-refractivity contribution in [1.29, 1.82) is 0 Å². The second-order valence-electron chi connectivity index (χ2n) is 9.45. The van der Waals surface area contributed by atoms with Gasteiger partial charge in [0.25, 0.3) is 0 Å². The number of rotatable bonds is 4. The highest BCUT2D eigenvalue weighted by molar-refractivity contribution is 6.32. The summed E-state index contributed by atoms with van der Waals surface area (Å²) < 4.78 is 11.4. The third-order valence-corrected chi connectivity index (χ3v) is 7.87. The van der Waals surface area contributed by atoms with Crippen molar-refractivity contribution in [1.82, 2.24) is 5.32 Å². The Morgan fingerprint density at radius 2 is 1.73 bits per heavy atom. The summed E-state index contributed by atoms with van der Waals surface area (Å²) in [4.78, 5) is 42.1. The van der Waals surface area contributed by atoms with Crippen LogP contribution in [0, 0.1) is 18.8 Å². The van der Waals surface area contributed by atoms with E-state index in [1.165, 1.54) is 0 Å². The summed E-state index contributed by atoms with van der Waals surface area (Å²) in [6.45, 7) is 2.63. The summed E-state index contributed by atoms with van der Waals surface area (Å²) in [5.41, 5.74) is 0.295. The number of amides is 2. The Kier molecular flexibility index (Phi) is 5.47. The molecule has 3 aliphatic heterocycles. The predicted octanol–water partition coefficient (Wildman–Crippen LogP) is 3.85. The molecular formula is C28H23ClN2O6. The van der Waals surface area contributed by atoms with Crippen LogP contribution >= 0.6 is 11.6 Å². The topological polar surface area (TPSA) is 105 Å². The Hall–Kier alpha value is -3.88. The molecule has 2 fully saturated rings. The number of carboxylic acid groups (broad SMARTS) is 1. The number of halogens is 1. The van der Waals surface area contributed by atoms with Gasteiger partial charge in [-0.2, -0.15) is 0 Å². The van der Waals surface area contributed by atoms with E-state index < -0.39 is 41.2 Å². The molecule has 3 aromatic rings. The van der Waals surface area contributed by atoms with E-state index >= 15 is 0 Å². The Morgan fingerprint density at radius 1 is 1.00 bits per heavy atom. The molecule has 3 heterocycles. The lowest BCUT2D eigenvalue weighted by Crippen LogP contribution is -2.53. The second-order valence-corrected chi connectivity index (χ2v) is 9.86. The molecule has 3 aromatic carbocycles. The quantitative estimate of drug-likeness (QED) is 0.505. The Labute approximate surface area is 217 Å². The van der Waals surface area contributed by atoms with Crippen LogP contribution < -0.4 is 19.7 Å². The zero-order chi connectivity index (χ0) is 25.9. The number of hydrogen-bond acceptors (Lipinski definition) is 6. The average Bonchev–Trinajstić information content (AvgIpc) is 3.40. The largest absolute Gasteiger partial charge is 0.486 e. The molecule has 0 saturated carbocycles. The molecule has 6 rings (SSSR count). The lowest BCUT2D eigenvalue weighted by Gasteiger charge is -2.32. The first-order valence-corrected chi connectivity index (χ1v) is 12.3. The average molecular weight is 519 g/mol. The monoisotopic (exact) mass is 518 g/mol. The smallest absolute Gasteiger partial charge is 0.329 e. The van der Waals surface area contributed by atoms with Crippen molar-refractivity contribution in [3.8, 4) is 11.5 Å². The van der Waals surface area contributed by atoms with Gasteiger partial charge in [0.05, 0.1) is 17.5 Å². The van der Waals surface area contributed by atoms with Crippen LogP contribution in [-0.2, 0) is 19.9 Å². The number of aryl methyl sites for hydroxylation is 1. The fraction of sp³-hybridized carbons (Fsp3) is 0.250. The van der Waals surface area contributed by atoms with E-state index in [2.05, 4.69) is 5.32 Å². The molecule has 0 spiro atoms. The lowest BCUT2D eigenvalue weighted by atomic mass is 9.75. The Morgan fingerprint density at radius 3 is 2.43 bits per heavy atom. The van der Waals surface area contributed by atoms with Gasteiger partial charge in [0, 0.05) is 11.1 Å². The minimum absolute atomic E-state index is 0.313. The van der Waals surface area contributed by atoms with Crippen molar-refractivity contribution in [2.75, 3.05) is 18.1 Å². The van der Waals surface area contributed by atoms with Crippen LogP contribution in [-0.4, -0.2) is 36.1 Å². The van der Waals surface area contributed by atoms with Crippen LogP contribution in [0.4, 0.5) is 5.69 Å². The summed E-state index contributed by atoms with van der Waals surface area (Å²) >= 11 is 6.32. The van der Waals surface area contributed by atoms with Gasteiger partial charge in [-0.05, 0) is 47.9 Å². The number of ether oxygens (including phenoxy) is 2. The molecule has 2 saturated heterocycles. The highest BCUT2D eigenvalue weighted by Crippen LogP contribution is 2.54. The molecule has 0 aromatic heterocycles. The van der Waals surface area contributed by atoms with Crippen molar-refractivity contribution < 1.29 is 29.0 Å². The van der Waals surface area contributed by atoms with Gasteiger partial charge < -0.3 is 14.6 Å². The molecule has 0 aliphatic carbocycles.